The Morgan fingerprint density at radius 3 is 2.48 bits per heavy atom. The van der Waals surface area contributed by atoms with Gasteiger partial charge < -0.3 is 5.32 Å². The van der Waals surface area contributed by atoms with Crippen molar-refractivity contribution >= 4 is 0 Å². The lowest BCUT2D eigenvalue weighted by Gasteiger charge is -2.20. The third-order valence-corrected chi connectivity index (χ3v) is 4.04. The van der Waals surface area contributed by atoms with Crippen molar-refractivity contribution in [2.75, 3.05) is 13.1 Å². The number of hydrogen-bond donors (Lipinski definition) is 1. The average Bonchev–Trinajstić information content (AvgIpc) is 2.52. The molecule has 1 N–H and O–H groups in total. The van der Waals surface area contributed by atoms with Crippen molar-refractivity contribution in [2.45, 2.75) is 39.5 Å². The van der Waals surface area contributed by atoms with Crippen molar-refractivity contribution < 1.29 is 0 Å². The zero-order valence-electron chi connectivity index (χ0n) is 13.4. The Bertz CT molecular complexity index is 563. The van der Waals surface area contributed by atoms with Gasteiger partial charge in [0.15, 0.2) is 0 Å². The number of benzene rings is 1. The highest BCUT2D eigenvalue weighted by Crippen LogP contribution is 2.23. The largest absolute Gasteiger partial charge is 0.316 e. The van der Waals surface area contributed by atoms with Gasteiger partial charge in [0.25, 0.3) is 0 Å². The average molecular weight is 282 g/mol. The van der Waals surface area contributed by atoms with Crippen LogP contribution in [0, 0.1) is 6.92 Å². The van der Waals surface area contributed by atoms with Crippen LogP contribution < -0.4 is 5.32 Å². The number of aromatic nitrogens is 1. The van der Waals surface area contributed by atoms with E-state index in [9.17, 15) is 0 Å². The summed E-state index contributed by atoms with van der Waals surface area (Å²) in [7, 11) is 0. The molecule has 21 heavy (non-hydrogen) atoms. The molecule has 0 aliphatic heterocycles. The highest BCUT2D eigenvalue weighted by molar-refractivity contribution is 5.31. The molecule has 0 aliphatic rings. The number of nitrogens with zero attached hydrogens (tertiary/aromatic N) is 1. The molecular formula is C19H26N2. The summed E-state index contributed by atoms with van der Waals surface area (Å²) < 4.78 is 0. The quantitative estimate of drug-likeness (QED) is 0.833. The molecule has 1 aromatic carbocycles. The van der Waals surface area contributed by atoms with E-state index in [4.69, 9.17) is 0 Å². The van der Waals surface area contributed by atoms with Gasteiger partial charge in [0.2, 0.25) is 0 Å². The number of likely N-dealkylation sites (N-methyl/N-ethyl adjacent to an activating group) is 1. The van der Waals surface area contributed by atoms with Gasteiger partial charge in [0.05, 0.1) is 0 Å². The molecule has 0 fully saturated rings. The summed E-state index contributed by atoms with van der Waals surface area (Å²) in [6, 6.07) is 13.0. The first-order chi connectivity index (χ1) is 10.3. The summed E-state index contributed by atoms with van der Waals surface area (Å²) in [5, 5.41) is 3.49. The number of rotatable bonds is 7. The highest BCUT2D eigenvalue weighted by Gasteiger charge is 2.16. The predicted molar refractivity (Wildman–Crippen MR) is 89.8 cm³/mol. The van der Waals surface area contributed by atoms with Crippen molar-refractivity contribution in [3.8, 4) is 0 Å². The van der Waals surface area contributed by atoms with Gasteiger partial charge >= 0.3 is 0 Å². The van der Waals surface area contributed by atoms with Crippen LogP contribution in [0.1, 0.15) is 42.1 Å². The molecule has 0 amide bonds. The Morgan fingerprint density at radius 1 is 1.05 bits per heavy atom. The van der Waals surface area contributed by atoms with E-state index >= 15 is 0 Å². The van der Waals surface area contributed by atoms with Crippen LogP contribution in [0.15, 0.2) is 42.6 Å². The molecule has 1 atom stereocenters. The molecule has 0 aliphatic carbocycles. The topological polar surface area (TPSA) is 24.9 Å². The minimum Gasteiger partial charge on any atom is -0.316 e. The Hall–Kier alpha value is -1.67. The monoisotopic (exact) mass is 282 g/mol. The van der Waals surface area contributed by atoms with E-state index in [0.717, 1.165) is 25.9 Å². The van der Waals surface area contributed by atoms with Crippen LogP contribution in [0.25, 0.3) is 0 Å². The van der Waals surface area contributed by atoms with Gasteiger partial charge in [0, 0.05) is 24.4 Å². The molecule has 2 nitrogen and oxygen atoms in total. The van der Waals surface area contributed by atoms with Crippen LogP contribution in [-0.4, -0.2) is 18.1 Å². The summed E-state index contributed by atoms with van der Waals surface area (Å²) in [4.78, 5) is 4.64. The minimum absolute atomic E-state index is 0.429. The zero-order valence-corrected chi connectivity index (χ0v) is 13.4. The van der Waals surface area contributed by atoms with E-state index in [2.05, 4.69) is 61.4 Å². The van der Waals surface area contributed by atoms with Crippen molar-refractivity contribution in [1.82, 2.24) is 10.3 Å². The maximum Gasteiger partial charge on any atom is 0.0479 e. The maximum atomic E-state index is 4.64. The summed E-state index contributed by atoms with van der Waals surface area (Å²) >= 11 is 0. The van der Waals surface area contributed by atoms with E-state index in [0.29, 0.717) is 5.92 Å². The van der Waals surface area contributed by atoms with Crippen molar-refractivity contribution in [2.24, 2.45) is 0 Å². The van der Waals surface area contributed by atoms with Crippen LogP contribution in [0.2, 0.25) is 0 Å². The molecule has 0 bridgehead atoms. The molecule has 1 heterocycles. The highest BCUT2D eigenvalue weighted by atomic mass is 14.9. The maximum absolute atomic E-state index is 4.64. The van der Waals surface area contributed by atoms with Gasteiger partial charge in [-0.3, -0.25) is 4.98 Å². The van der Waals surface area contributed by atoms with Crippen molar-refractivity contribution in [3.05, 3.63) is 65.0 Å². The van der Waals surface area contributed by atoms with E-state index < -0.39 is 0 Å². The Kier molecular flexibility index (Phi) is 5.94. The SMILES string of the molecule is CCNC[C@H](Cc1ccccc1CC)c1ncccc1C. The molecule has 0 saturated heterocycles. The summed E-state index contributed by atoms with van der Waals surface area (Å²) in [6.07, 6.45) is 4.05. The molecule has 112 valence electrons. The van der Waals surface area contributed by atoms with Crippen LogP contribution in [0.5, 0.6) is 0 Å². The fourth-order valence-electron chi connectivity index (χ4n) is 2.88. The Labute approximate surface area is 128 Å². The molecule has 0 saturated carbocycles. The van der Waals surface area contributed by atoms with Crippen molar-refractivity contribution in [3.63, 3.8) is 0 Å². The van der Waals surface area contributed by atoms with Crippen LogP contribution >= 0.6 is 0 Å². The number of pyridine rings is 1. The zero-order chi connectivity index (χ0) is 15.1. The van der Waals surface area contributed by atoms with Gasteiger partial charge in [-0.1, -0.05) is 44.2 Å². The van der Waals surface area contributed by atoms with Crippen LogP contribution in [0.3, 0.4) is 0 Å². The molecule has 0 radical (unpaired) electrons. The van der Waals surface area contributed by atoms with Gasteiger partial charge in [0.1, 0.15) is 0 Å². The molecule has 1 aromatic heterocycles. The molecule has 2 aromatic rings. The second kappa shape index (κ2) is 7.94. The second-order valence-electron chi connectivity index (χ2n) is 5.54. The minimum atomic E-state index is 0.429. The third-order valence-electron chi connectivity index (χ3n) is 4.04. The lowest BCUT2D eigenvalue weighted by atomic mass is 9.90. The molecular weight excluding hydrogens is 256 g/mol. The van der Waals surface area contributed by atoms with E-state index in [1.54, 1.807) is 0 Å². The first kappa shape index (κ1) is 15.7. The van der Waals surface area contributed by atoms with Gasteiger partial charge in [-0.25, -0.2) is 0 Å². The first-order valence-corrected chi connectivity index (χ1v) is 7.95. The lowest BCUT2D eigenvalue weighted by Crippen LogP contribution is -2.24. The molecule has 2 rings (SSSR count). The molecule has 0 spiro atoms. The summed E-state index contributed by atoms with van der Waals surface area (Å²) in [6.45, 7) is 8.52. The standard InChI is InChI=1S/C19H26N2/c1-4-16-10-6-7-11-17(16)13-18(14-20-5-2)19-15(3)9-8-12-21-19/h6-12,18,20H,4-5,13-14H2,1-3H3/t18-/m0/s1. The smallest absolute Gasteiger partial charge is 0.0479 e. The van der Waals surface area contributed by atoms with Crippen LogP contribution in [-0.2, 0) is 12.8 Å². The van der Waals surface area contributed by atoms with Gasteiger partial charge in [-0.05, 0) is 49.1 Å². The van der Waals surface area contributed by atoms with E-state index in [-0.39, 0.29) is 0 Å². The fourth-order valence-corrected chi connectivity index (χ4v) is 2.88. The number of nitrogens with one attached hydrogen (secondary N) is 1. The van der Waals surface area contributed by atoms with Gasteiger partial charge in [-0.2, -0.15) is 0 Å². The number of aryl methyl sites for hydroxylation is 2. The summed E-state index contributed by atoms with van der Waals surface area (Å²) in [5.41, 5.74) is 5.42. The molecule has 2 heteroatoms. The Morgan fingerprint density at radius 2 is 1.81 bits per heavy atom. The predicted octanol–water partition coefficient (Wildman–Crippen LogP) is 3.89. The second-order valence-corrected chi connectivity index (χ2v) is 5.54. The third kappa shape index (κ3) is 4.15. The van der Waals surface area contributed by atoms with Crippen LogP contribution in [0.4, 0.5) is 0 Å². The molecule has 0 unspecified atom stereocenters. The van der Waals surface area contributed by atoms with E-state index in [1.165, 1.54) is 22.4 Å². The summed E-state index contributed by atoms with van der Waals surface area (Å²) in [5.74, 6) is 0.429. The number of hydrogen-bond acceptors (Lipinski definition) is 2. The fraction of sp³-hybridized carbons (Fsp3) is 0.421. The van der Waals surface area contributed by atoms with Crippen molar-refractivity contribution in [1.29, 1.82) is 0 Å². The van der Waals surface area contributed by atoms with E-state index in [1.807, 2.05) is 12.3 Å². The van der Waals surface area contributed by atoms with Gasteiger partial charge in [-0.15, -0.1) is 0 Å². The Balaban J connectivity index is 2.26. The normalized spacial score (nSPS) is 12.3. The first-order valence-electron chi connectivity index (χ1n) is 7.95. The lowest BCUT2D eigenvalue weighted by molar-refractivity contribution is 0.578.